The summed E-state index contributed by atoms with van der Waals surface area (Å²) in [6.45, 7) is 4.67. The van der Waals surface area contributed by atoms with E-state index in [-0.39, 0.29) is 6.61 Å². The van der Waals surface area contributed by atoms with E-state index in [1.807, 2.05) is 19.9 Å². The number of carbonyl (C=O) groups is 1. The van der Waals surface area contributed by atoms with Gasteiger partial charge in [-0.25, -0.2) is 0 Å². The number of rotatable bonds is 3. The first kappa shape index (κ1) is 13.4. The first-order valence-corrected chi connectivity index (χ1v) is 6.49. The zero-order valence-corrected chi connectivity index (χ0v) is 11.9. The highest BCUT2D eigenvalue weighted by Gasteiger charge is 2.30. The molecular formula is C13H15BrO4. The van der Waals surface area contributed by atoms with Crippen molar-refractivity contribution in [1.29, 1.82) is 0 Å². The maximum Gasteiger partial charge on any atom is 0.173 e. The molecule has 1 N–H and O–H groups in total. The number of benzene rings is 1. The standard InChI is InChI=1S/C13H15BrO4/c1-13(2,7-16)9-5-10(14)8(6-15)11-12(9)18-4-3-17-11/h5-6,16H,3-4,7H2,1-2H3. The Bertz CT molecular complexity index is 482. The number of halogens is 1. The highest BCUT2D eigenvalue weighted by atomic mass is 79.9. The molecule has 1 aromatic rings. The van der Waals surface area contributed by atoms with Crippen molar-refractivity contribution in [2.75, 3.05) is 19.8 Å². The predicted octanol–water partition coefficient (Wildman–Crippen LogP) is 2.30. The van der Waals surface area contributed by atoms with E-state index in [1.165, 1.54) is 0 Å². The zero-order valence-electron chi connectivity index (χ0n) is 10.3. The van der Waals surface area contributed by atoms with Crippen molar-refractivity contribution in [2.24, 2.45) is 0 Å². The Balaban J connectivity index is 2.69. The van der Waals surface area contributed by atoms with Crippen molar-refractivity contribution in [2.45, 2.75) is 19.3 Å². The van der Waals surface area contributed by atoms with Gasteiger partial charge in [-0.1, -0.05) is 13.8 Å². The van der Waals surface area contributed by atoms with Crippen molar-refractivity contribution >= 4 is 22.2 Å². The average Bonchev–Trinajstić information content (AvgIpc) is 2.38. The van der Waals surface area contributed by atoms with Gasteiger partial charge in [0.2, 0.25) is 0 Å². The largest absolute Gasteiger partial charge is 0.486 e. The molecule has 1 aromatic carbocycles. The van der Waals surface area contributed by atoms with E-state index in [0.29, 0.717) is 34.7 Å². The molecule has 0 unspecified atom stereocenters. The second-order valence-electron chi connectivity index (χ2n) is 4.83. The first-order valence-electron chi connectivity index (χ1n) is 5.70. The van der Waals surface area contributed by atoms with Crippen LogP contribution in [0.1, 0.15) is 29.8 Å². The summed E-state index contributed by atoms with van der Waals surface area (Å²) in [5, 5.41) is 9.49. The number of hydrogen-bond donors (Lipinski definition) is 1. The van der Waals surface area contributed by atoms with Crippen LogP contribution < -0.4 is 9.47 Å². The van der Waals surface area contributed by atoms with Crippen LogP contribution in [0.25, 0.3) is 0 Å². The molecule has 1 aliphatic heterocycles. The minimum Gasteiger partial charge on any atom is -0.486 e. The van der Waals surface area contributed by atoms with Gasteiger partial charge in [0.05, 0.1) is 12.2 Å². The molecule has 0 aromatic heterocycles. The molecule has 0 spiro atoms. The van der Waals surface area contributed by atoms with Crippen molar-refractivity contribution in [3.63, 3.8) is 0 Å². The highest BCUT2D eigenvalue weighted by molar-refractivity contribution is 9.10. The molecule has 0 bridgehead atoms. The first-order chi connectivity index (χ1) is 8.51. The molecule has 4 nitrogen and oxygen atoms in total. The SMILES string of the molecule is CC(C)(CO)c1cc(Br)c(C=O)c2c1OCCO2. The van der Waals surface area contributed by atoms with Crippen LogP contribution in [-0.2, 0) is 5.41 Å². The number of ether oxygens (including phenoxy) is 2. The second-order valence-corrected chi connectivity index (χ2v) is 5.69. The Kier molecular flexibility index (Phi) is 3.64. The van der Waals surface area contributed by atoms with Crippen LogP contribution in [0.4, 0.5) is 0 Å². The van der Waals surface area contributed by atoms with Crippen molar-refractivity contribution in [3.05, 3.63) is 21.7 Å². The Morgan fingerprint density at radius 2 is 2.00 bits per heavy atom. The summed E-state index contributed by atoms with van der Waals surface area (Å²) in [5.41, 5.74) is 0.814. The molecule has 0 amide bonds. The molecule has 0 aliphatic carbocycles. The van der Waals surface area contributed by atoms with E-state index in [2.05, 4.69) is 15.9 Å². The smallest absolute Gasteiger partial charge is 0.173 e. The van der Waals surface area contributed by atoms with Crippen molar-refractivity contribution in [1.82, 2.24) is 0 Å². The monoisotopic (exact) mass is 314 g/mol. The quantitative estimate of drug-likeness (QED) is 0.870. The predicted molar refractivity (Wildman–Crippen MR) is 70.6 cm³/mol. The summed E-state index contributed by atoms with van der Waals surface area (Å²) in [4.78, 5) is 11.1. The molecule has 1 heterocycles. The van der Waals surface area contributed by atoms with Crippen LogP contribution in [0, 0.1) is 0 Å². The van der Waals surface area contributed by atoms with Crippen molar-refractivity contribution < 1.29 is 19.4 Å². The summed E-state index contributed by atoms with van der Waals surface area (Å²) < 4.78 is 11.8. The summed E-state index contributed by atoms with van der Waals surface area (Å²) in [6, 6.07) is 1.81. The molecule has 2 rings (SSSR count). The minimum absolute atomic E-state index is 0.0182. The maximum atomic E-state index is 11.1. The maximum absolute atomic E-state index is 11.1. The number of aliphatic hydroxyl groups excluding tert-OH is 1. The third kappa shape index (κ3) is 2.12. The van der Waals surface area contributed by atoms with Gasteiger partial charge in [-0.15, -0.1) is 0 Å². The van der Waals surface area contributed by atoms with Crippen LogP contribution in [0.3, 0.4) is 0 Å². The van der Waals surface area contributed by atoms with Gasteiger partial charge in [0.25, 0.3) is 0 Å². The van der Waals surface area contributed by atoms with E-state index in [4.69, 9.17) is 9.47 Å². The average molecular weight is 315 g/mol. The number of carbonyl (C=O) groups excluding carboxylic acids is 1. The van der Waals surface area contributed by atoms with Crippen LogP contribution >= 0.6 is 15.9 Å². The lowest BCUT2D eigenvalue weighted by Crippen LogP contribution is -2.26. The third-order valence-electron chi connectivity index (χ3n) is 3.04. The van der Waals surface area contributed by atoms with E-state index < -0.39 is 5.41 Å². The fraction of sp³-hybridized carbons (Fsp3) is 0.462. The van der Waals surface area contributed by atoms with E-state index in [9.17, 15) is 9.90 Å². The summed E-state index contributed by atoms with van der Waals surface area (Å²) in [5.74, 6) is 1.02. The lowest BCUT2D eigenvalue weighted by Gasteiger charge is -2.30. The van der Waals surface area contributed by atoms with Gasteiger partial charge in [-0.05, 0) is 22.0 Å². The molecule has 0 saturated carbocycles. The van der Waals surface area contributed by atoms with E-state index in [0.717, 1.165) is 11.8 Å². The normalized spacial score (nSPS) is 14.4. The molecular weight excluding hydrogens is 300 g/mol. The number of fused-ring (bicyclic) bond motifs is 1. The summed E-state index contributed by atoms with van der Waals surface area (Å²) in [6.07, 6.45) is 0.743. The number of hydrogen-bond acceptors (Lipinski definition) is 4. The molecule has 1 aliphatic rings. The summed E-state index contributed by atoms with van der Waals surface area (Å²) >= 11 is 3.36. The molecule has 0 fully saturated rings. The van der Waals surface area contributed by atoms with Crippen LogP contribution in [0.15, 0.2) is 10.5 Å². The fourth-order valence-electron chi connectivity index (χ4n) is 1.89. The van der Waals surface area contributed by atoms with Crippen LogP contribution in [-0.4, -0.2) is 31.2 Å². The van der Waals surface area contributed by atoms with Gasteiger partial charge < -0.3 is 14.6 Å². The number of aldehydes is 1. The number of aliphatic hydroxyl groups is 1. The Hall–Kier alpha value is -1.07. The topological polar surface area (TPSA) is 55.8 Å². The Morgan fingerprint density at radius 1 is 1.39 bits per heavy atom. The van der Waals surface area contributed by atoms with Gasteiger partial charge in [-0.2, -0.15) is 0 Å². The van der Waals surface area contributed by atoms with Gasteiger partial charge in [0, 0.05) is 15.5 Å². The second kappa shape index (κ2) is 4.90. The molecule has 0 radical (unpaired) electrons. The lowest BCUT2D eigenvalue weighted by molar-refractivity contribution is 0.110. The van der Waals surface area contributed by atoms with Gasteiger partial charge in [0.1, 0.15) is 13.2 Å². The molecule has 0 saturated heterocycles. The summed E-state index contributed by atoms with van der Waals surface area (Å²) in [7, 11) is 0. The molecule has 5 heteroatoms. The van der Waals surface area contributed by atoms with Gasteiger partial charge >= 0.3 is 0 Å². The van der Waals surface area contributed by atoms with Gasteiger partial charge in [-0.3, -0.25) is 4.79 Å². The molecule has 0 atom stereocenters. The Morgan fingerprint density at radius 3 is 2.56 bits per heavy atom. The van der Waals surface area contributed by atoms with E-state index >= 15 is 0 Å². The highest BCUT2D eigenvalue weighted by Crippen LogP contribution is 2.45. The zero-order chi connectivity index (χ0) is 13.3. The van der Waals surface area contributed by atoms with Crippen molar-refractivity contribution in [3.8, 4) is 11.5 Å². The lowest BCUT2D eigenvalue weighted by atomic mass is 9.84. The minimum atomic E-state index is -0.464. The molecule has 98 valence electrons. The fourth-order valence-corrected chi connectivity index (χ4v) is 2.40. The van der Waals surface area contributed by atoms with Crippen LogP contribution in [0.5, 0.6) is 11.5 Å². The van der Waals surface area contributed by atoms with E-state index in [1.54, 1.807) is 0 Å². The van der Waals surface area contributed by atoms with Gasteiger partial charge in [0.15, 0.2) is 17.8 Å². The molecule has 18 heavy (non-hydrogen) atoms. The Labute approximate surface area is 114 Å². The third-order valence-corrected chi connectivity index (χ3v) is 3.70. The van der Waals surface area contributed by atoms with Crippen LogP contribution in [0.2, 0.25) is 0 Å².